The zero-order valence-electron chi connectivity index (χ0n) is 13.1. The summed E-state index contributed by atoms with van der Waals surface area (Å²) in [6, 6.07) is 13.0. The first-order chi connectivity index (χ1) is 11.0. The SMILES string of the molecule is Cc1ccc(NC(=O)N[C@@H](Cc2ccccc2)C(=O)[O-])c(C)c1. The number of urea groups is 1. The van der Waals surface area contributed by atoms with E-state index in [2.05, 4.69) is 10.6 Å². The van der Waals surface area contributed by atoms with Gasteiger partial charge in [0, 0.05) is 5.69 Å². The van der Waals surface area contributed by atoms with Gasteiger partial charge in [-0.3, -0.25) is 0 Å². The minimum atomic E-state index is -1.32. The van der Waals surface area contributed by atoms with Crippen molar-refractivity contribution in [2.75, 3.05) is 5.32 Å². The van der Waals surface area contributed by atoms with Crippen molar-refractivity contribution in [1.82, 2.24) is 5.32 Å². The molecule has 2 amide bonds. The van der Waals surface area contributed by atoms with Crippen LogP contribution in [0.25, 0.3) is 0 Å². The summed E-state index contributed by atoms with van der Waals surface area (Å²) in [6.07, 6.45) is 0.170. The Balaban J connectivity index is 2.02. The van der Waals surface area contributed by atoms with Gasteiger partial charge < -0.3 is 20.5 Å². The summed E-state index contributed by atoms with van der Waals surface area (Å²) in [5.74, 6) is -1.32. The molecule has 0 radical (unpaired) electrons. The molecule has 120 valence electrons. The summed E-state index contributed by atoms with van der Waals surface area (Å²) in [7, 11) is 0. The number of carbonyl (C=O) groups is 2. The normalized spacial score (nSPS) is 11.6. The van der Waals surface area contributed by atoms with Gasteiger partial charge in [0.1, 0.15) is 0 Å². The smallest absolute Gasteiger partial charge is 0.319 e. The Labute approximate surface area is 135 Å². The molecule has 0 bridgehead atoms. The van der Waals surface area contributed by atoms with Gasteiger partial charge in [0.05, 0.1) is 12.0 Å². The first-order valence-electron chi connectivity index (χ1n) is 7.35. The van der Waals surface area contributed by atoms with Crippen LogP contribution in [0.1, 0.15) is 16.7 Å². The van der Waals surface area contributed by atoms with Crippen LogP contribution in [-0.4, -0.2) is 18.0 Å². The Kier molecular flexibility index (Phi) is 5.36. The summed E-state index contributed by atoms with van der Waals surface area (Å²) in [5.41, 5.74) is 3.46. The van der Waals surface area contributed by atoms with E-state index in [1.165, 1.54) is 0 Å². The number of carbonyl (C=O) groups excluding carboxylic acids is 2. The minimum absolute atomic E-state index is 0.170. The summed E-state index contributed by atoms with van der Waals surface area (Å²) < 4.78 is 0. The third kappa shape index (κ3) is 4.85. The number of hydrogen-bond acceptors (Lipinski definition) is 3. The number of rotatable bonds is 5. The van der Waals surface area contributed by atoms with Crippen molar-refractivity contribution in [3.8, 4) is 0 Å². The van der Waals surface area contributed by atoms with Crippen LogP contribution in [0.2, 0.25) is 0 Å². The molecule has 0 aliphatic heterocycles. The van der Waals surface area contributed by atoms with E-state index in [1.807, 2.05) is 44.2 Å². The van der Waals surface area contributed by atoms with E-state index in [-0.39, 0.29) is 6.42 Å². The minimum Gasteiger partial charge on any atom is -0.548 e. The van der Waals surface area contributed by atoms with Gasteiger partial charge in [-0.25, -0.2) is 4.79 Å². The Bertz CT molecular complexity index is 699. The van der Waals surface area contributed by atoms with Crippen LogP contribution in [0.5, 0.6) is 0 Å². The lowest BCUT2D eigenvalue weighted by molar-refractivity contribution is -0.308. The zero-order valence-corrected chi connectivity index (χ0v) is 13.1. The number of carboxylic acid groups (broad SMARTS) is 1. The van der Waals surface area contributed by atoms with Crippen molar-refractivity contribution < 1.29 is 14.7 Å². The summed E-state index contributed by atoms with van der Waals surface area (Å²) in [4.78, 5) is 23.3. The van der Waals surface area contributed by atoms with Gasteiger partial charge in [0.25, 0.3) is 0 Å². The van der Waals surface area contributed by atoms with Crippen molar-refractivity contribution in [1.29, 1.82) is 0 Å². The van der Waals surface area contributed by atoms with Crippen molar-refractivity contribution in [3.05, 3.63) is 65.2 Å². The highest BCUT2D eigenvalue weighted by molar-refractivity contribution is 5.92. The van der Waals surface area contributed by atoms with Crippen molar-refractivity contribution in [3.63, 3.8) is 0 Å². The quantitative estimate of drug-likeness (QED) is 0.883. The van der Waals surface area contributed by atoms with Gasteiger partial charge in [0.2, 0.25) is 0 Å². The van der Waals surface area contributed by atoms with Crippen LogP contribution < -0.4 is 15.7 Å². The van der Waals surface area contributed by atoms with E-state index >= 15 is 0 Å². The number of aliphatic carboxylic acids is 1. The molecule has 0 aliphatic rings. The molecular formula is C18H19N2O3-. The standard InChI is InChI=1S/C18H20N2O3/c1-12-8-9-15(13(2)10-12)19-18(23)20-16(17(21)22)11-14-6-4-3-5-7-14/h3-10,16H,11H2,1-2H3,(H,21,22)(H2,19,20,23)/p-1/t16-/m0/s1. The van der Waals surface area contributed by atoms with E-state index in [4.69, 9.17) is 0 Å². The predicted octanol–water partition coefficient (Wildman–Crippen LogP) is 1.79. The maximum Gasteiger partial charge on any atom is 0.319 e. The molecule has 0 saturated heterocycles. The lowest BCUT2D eigenvalue weighted by Crippen LogP contribution is -2.50. The third-order valence-electron chi connectivity index (χ3n) is 3.50. The summed E-state index contributed by atoms with van der Waals surface area (Å²) >= 11 is 0. The average molecular weight is 311 g/mol. The predicted molar refractivity (Wildman–Crippen MR) is 87.0 cm³/mol. The van der Waals surface area contributed by atoms with Crippen LogP contribution in [0.3, 0.4) is 0 Å². The molecule has 0 unspecified atom stereocenters. The molecule has 5 heteroatoms. The first-order valence-corrected chi connectivity index (χ1v) is 7.35. The van der Waals surface area contributed by atoms with Gasteiger partial charge in [-0.2, -0.15) is 0 Å². The largest absolute Gasteiger partial charge is 0.548 e. The molecule has 2 N–H and O–H groups in total. The summed E-state index contributed by atoms with van der Waals surface area (Å²) in [6.45, 7) is 3.84. The Morgan fingerprint density at radius 3 is 2.39 bits per heavy atom. The lowest BCUT2D eigenvalue weighted by Gasteiger charge is -2.20. The van der Waals surface area contributed by atoms with Gasteiger partial charge >= 0.3 is 6.03 Å². The molecule has 2 rings (SSSR count). The maximum absolute atomic E-state index is 12.0. The van der Waals surface area contributed by atoms with Crippen molar-refractivity contribution >= 4 is 17.7 Å². The maximum atomic E-state index is 12.0. The lowest BCUT2D eigenvalue weighted by atomic mass is 10.1. The second kappa shape index (κ2) is 7.45. The topological polar surface area (TPSA) is 81.3 Å². The number of anilines is 1. The Hall–Kier alpha value is -2.82. The van der Waals surface area contributed by atoms with E-state index in [0.29, 0.717) is 5.69 Å². The fourth-order valence-electron chi connectivity index (χ4n) is 2.31. The molecule has 0 aliphatic carbocycles. The van der Waals surface area contributed by atoms with Crippen molar-refractivity contribution in [2.45, 2.75) is 26.3 Å². The van der Waals surface area contributed by atoms with E-state index < -0.39 is 18.0 Å². The number of nitrogens with one attached hydrogen (secondary N) is 2. The Morgan fingerprint density at radius 1 is 1.09 bits per heavy atom. The molecule has 2 aromatic rings. The van der Waals surface area contributed by atoms with Crippen LogP contribution in [-0.2, 0) is 11.2 Å². The second-order valence-electron chi connectivity index (χ2n) is 5.48. The molecule has 23 heavy (non-hydrogen) atoms. The van der Waals surface area contributed by atoms with Crippen LogP contribution >= 0.6 is 0 Å². The van der Waals surface area contributed by atoms with Gasteiger partial charge in [-0.15, -0.1) is 0 Å². The summed E-state index contributed by atoms with van der Waals surface area (Å²) in [5, 5.41) is 16.4. The number of benzene rings is 2. The number of carboxylic acids is 1. The average Bonchev–Trinajstić information content (AvgIpc) is 2.50. The molecular weight excluding hydrogens is 292 g/mol. The van der Waals surface area contributed by atoms with Crippen molar-refractivity contribution in [2.24, 2.45) is 0 Å². The van der Waals surface area contributed by atoms with Gasteiger partial charge in [-0.1, -0.05) is 48.0 Å². The first kappa shape index (κ1) is 16.5. The van der Waals surface area contributed by atoms with E-state index in [1.54, 1.807) is 18.2 Å². The van der Waals surface area contributed by atoms with Gasteiger partial charge in [0.15, 0.2) is 0 Å². The second-order valence-corrected chi connectivity index (χ2v) is 5.48. The van der Waals surface area contributed by atoms with Crippen LogP contribution in [0.4, 0.5) is 10.5 Å². The highest BCUT2D eigenvalue weighted by Gasteiger charge is 2.14. The molecule has 5 nitrogen and oxygen atoms in total. The van der Waals surface area contributed by atoms with Gasteiger partial charge in [-0.05, 0) is 37.5 Å². The molecule has 0 spiro atoms. The number of aryl methyl sites for hydroxylation is 2. The highest BCUT2D eigenvalue weighted by atomic mass is 16.4. The van der Waals surface area contributed by atoms with Crippen LogP contribution in [0.15, 0.2) is 48.5 Å². The Morgan fingerprint density at radius 2 is 1.78 bits per heavy atom. The molecule has 2 aromatic carbocycles. The monoisotopic (exact) mass is 311 g/mol. The fraction of sp³-hybridized carbons (Fsp3) is 0.222. The molecule has 0 saturated carbocycles. The van der Waals surface area contributed by atoms with Crippen LogP contribution in [0, 0.1) is 13.8 Å². The highest BCUT2D eigenvalue weighted by Crippen LogP contribution is 2.15. The number of amides is 2. The third-order valence-corrected chi connectivity index (χ3v) is 3.50. The van der Waals surface area contributed by atoms with E-state index in [0.717, 1.165) is 16.7 Å². The fourth-order valence-corrected chi connectivity index (χ4v) is 2.31. The molecule has 1 atom stereocenters. The number of hydrogen-bond donors (Lipinski definition) is 2. The molecule has 0 fully saturated rings. The molecule has 0 aromatic heterocycles. The van der Waals surface area contributed by atoms with E-state index in [9.17, 15) is 14.7 Å². The molecule has 0 heterocycles. The zero-order chi connectivity index (χ0) is 16.8.